The van der Waals surface area contributed by atoms with Gasteiger partial charge in [-0.2, -0.15) is 0 Å². The van der Waals surface area contributed by atoms with Gasteiger partial charge in [0, 0.05) is 19.3 Å². The van der Waals surface area contributed by atoms with Gasteiger partial charge in [0.05, 0.1) is 0 Å². The summed E-state index contributed by atoms with van der Waals surface area (Å²) in [6.07, 6.45) is 90.6. The number of rotatable bonds is 63. The van der Waals surface area contributed by atoms with Crippen LogP contribution in [0, 0.1) is 0 Å². The minimum atomic E-state index is -0.778. The van der Waals surface area contributed by atoms with Crippen molar-refractivity contribution in [1.29, 1.82) is 0 Å². The monoisotopic (exact) mass is 1110 g/mol. The van der Waals surface area contributed by atoms with Gasteiger partial charge in [-0.1, -0.05) is 318 Å². The van der Waals surface area contributed by atoms with Crippen LogP contribution in [-0.4, -0.2) is 37.2 Å². The molecule has 462 valence electrons. The molecule has 0 N–H and O–H groups in total. The van der Waals surface area contributed by atoms with E-state index in [2.05, 4.69) is 106 Å². The largest absolute Gasteiger partial charge is 0.462 e. The molecular weight excluding hydrogens is 985 g/mol. The first kappa shape index (κ1) is 76.6. The molecule has 0 aromatic rings. The third-order valence-electron chi connectivity index (χ3n) is 15.1. The van der Waals surface area contributed by atoms with Crippen LogP contribution in [0.5, 0.6) is 0 Å². The molecule has 0 aliphatic rings. The highest BCUT2D eigenvalue weighted by atomic mass is 16.6. The van der Waals surface area contributed by atoms with Gasteiger partial charge in [0.15, 0.2) is 6.10 Å². The third-order valence-corrected chi connectivity index (χ3v) is 15.1. The van der Waals surface area contributed by atoms with Crippen LogP contribution >= 0.6 is 0 Å². The number of carbonyl (C=O) groups is 3. The summed E-state index contributed by atoms with van der Waals surface area (Å²) in [5.74, 6) is -0.873. The number of unbranched alkanes of at least 4 members (excludes halogenated alkanes) is 38. The maximum Gasteiger partial charge on any atom is 0.306 e. The minimum absolute atomic E-state index is 0.0759. The summed E-state index contributed by atoms with van der Waals surface area (Å²) in [7, 11) is 0. The number of hydrogen-bond acceptors (Lipinski definition) is 6. The standard InChI is InChI=1S/C74H130O6/c1-4-7-10-13-16-19-21-23-25-27-29-31-32-33-34-35-36-37-38-39-40-41-42-44-45-47-49-51-53-55-58-61-64-67-73(76)79-70-71(69-78-72(75)66-63-60-57-18-15-12-9-6-3)80-74(77)68-65-62-59-56-54-52-50-48-46-43-30-28-26-24-22-20-17-14-11-8-5-2/h8,11,17,20-21,23-24,26-27,29-30,32-33,43,71H,4-7,9-10,12-16,18-19,22,25,28,31,34-42,44-70H2,1-3H3/b11-8-,20-17-,23-21-,26-24-,29-27-,33-32-,43-30-. The van der Waals surface area contributed by atoms with Crippen LogP contribution in [0.4, 0.5) is 0 Å². The molecule has 0 aromatic carbocycles. The third kappa shape index (κ3) is 65.4. The van der Waals surface area contributed by atoms with Gasteiger partial charge in [-0.05, 0) is 96.3 Å². The molecule has 0 aromatic heterocycles. The average Bonchev–Trinajstić information content (AvgIpc) is 3.46. The highest BCUT2D eigenvalue weighted by Gasteiger charge is 2.19. The van der Waals surface area contributed by atoms with Crippen molar-refractivity contribution in [1.82, 2.24) is 0 Å². The lowest BCUT2D eigenvalue weighted by Crippen LogP contribution is -2.30. The van der Waals surface area contributed by atoms with Gasteiger partial charge < -0.3 is 14.2 Å². The summed E-state index contributed by atoms with van der Waals surface area (Å²) in [5.41, 5.74) is 0. The first-order chi connectivity index (χ1) is 39.5. The van der Waals surface area contributed by atoms with E-state index in [9.17, 15) is 14.4 Å². The van der Waals surface area contributed by atoms with Crippen molar-refractivity contribution in [2.45, 2.75) is 354 Å². The van der Waals surface area contributed by atoms with Crippen molar-refractivity contribution in [3.8, 4) is 0 Å². The van der Waals surface area contributed by atoms with Crippen molar-refractivity contribution in [3.63, 3.8) is 0 Å². The van der Waals surface area contributed by atoms with E-state index in [0.717, 1.165) is 103 Å². The molecule has 6 heteroatoms. The fraction of sp³-hybridized carbons (Fsp3) is 0.770. The van der Waals surface area contributed by atoms with Crippen LogP contribution in [0.2, 0.25) is 0 Å². The summed E-state index contributed by atoms with van der Waals surface area (Å²) < 4.78 is 16.9. The van der Waals surface area contributed by atoms with Gasteiger partial charge in [-0.3, -0.25) is 14.4 Å². The second kappa shape index (κ2) is 68.1. The number of allylic oxidation sites excluding steroid dienone is 14. The molecule has 1 atom stereocenters. The van der Waals surface area contributed by atoms with E-state index >= 15 is 0 Å². The Morgan fingerprint density at radius 2 is 0.487 bits per heavy atom. The van der Waals surface area contributed by atoms with E-state index in [1.807, 2.05) is 0 Å². The Morgan fingerprint density at radius 1 is 0.263 bits per heavy atom. The summed E-state index contributed by atoms with van der Waals surface area (Å²) in [4.78, 5) is 38.2. The lowest BCUT2D eigenvalue weighted by atomic mass is 10.0. The lowest BCUT2D eigenvalue weighted by molar-refractivity contribution is -0.167. The Hall–Kier alpha value is -3.41. The zero-order valence-electron chi connectivity index (χ0n) is 53.1. The predicted molar refractivity (Wildman–Crippen MR) is 348 cm³/mol. The SMILES string of the molecule is CC/C=C\C/C=C\C/C=C\C/C=C\CCCCCCCCCCC(=O)OC(COC(=O)CCCCCCCCCC)COC(=O)CCCCCCCCCCCCCCCCCCCC/C=C\C/C=C\C/C=C\CCCCCCC. The zero-order chi connectivity index (χ0) is 57.8. The van der Waals surface area contributed by atoms with Gasteiger partial charge >= 0.3 is 17.9 Å². The maximum absolute atomic E-state index is 12.9. The first-order valence-corrected chi connectivity index (χ1v) is 34.6. The quantitative estimate of drug-likeness (QED) is 0.0261. The van der Waals surface area contributed by atoms with Crippen LogP contribution in [0.25, 0.3) is 0 Å². The Labute approximate surface area is 496 Å². The molecule has 80 heavy (non-hydrogen) atoms. The van der Waals surface area contributed by atoms with E-state index in [1.165, 1.54) is 205 Å². The molecule has 1 unspecified atom stereocenters. The summed E-state index contributed by atoms with van der Waals surface area (Å²) in [5, 5.41) is 0. The predicted octanol–water partition coefficient (Wildman–Crippen LogP) is 23.8. The normalized spacial score (nSPS) is 12.6. The zero-order valence-corrected chi connectivity index (χ0v) is 53.1. The van der Waals surface area contributed by atoms with Crippen LogP contribution in [0.15, 0.2) is 85.1 Å². The van der Waals surface area contributed by atoms with Crippen LogP contribution in [0.3, 0.4) is 0 Å². The molecule has 0 heterocycles. The maximum atomic E-state index is 12.9. The first-order valence-electron chi connectivity index (χ1n) is 34.6. The van der Waals surface area contributed by atoms with E-state index in [-0.39, 0.29) is 31.1 Å². The molecule has 6 nitrogen and oxygen atoms in total. The van der Waals surface area contributed by atoms with Gasteiger partial charge in [0.1, 0.15) is 13.2 Å². The van der Waals surface area contributed by atoms with Gasteiger partial charge in [0.25, 0.3) is 0 Å². The van der Waals surface area contributed by atoms with E-state index in [4.69, 9.17) is 14.2 Å². The van der Waals surface area contributed by atoms with Crippen molar-refractivity contribution < 1.29 is 28.6 Å². The van der Waals surface area contributed by atoms with E-state index < -0.39 is 6.10 Å². The van der Waals surface area contributed by atoms with E-state index in [0.29, 0.717) is 19.3 Å². The summed E-state index contributed by atoms with van der Waals surface area (Å²) in [6.45, 7) is 6.52. The molecule has 0 radical (unpaired) electrons. The molecule has 0 rings (SSSR count). The van der Waals surface area contributed by atoms with Gasteiger partial charge in [0.2, 0.25) is 0 Å². The fourth-order valence-corrected chi connectivity index (χ4v) is 9.97. The Morgan fingerprint density at radius 3 is 0.762 bits per heavy atom. The summed E-state index contributed by atoms with van der Waals surface area (Å²) in [6, 6.07) is 0. The van der Waals surface area contributed by atoms with Crippen molar-refractivity contribution >= 4 is 17.9 Å². The molecule has 0 saturated carbocycles. The minimum Gasteiger partial charge on any atom is -0.462 e. The van der Waals surface area contributed by atoms with Crippen molar-refractivity contribution in [2.24, 2.45) is 0 Å². The molecule has 0 saturated heterocycles. The lowest BCUT2D eigenvalue weighted by Gasteiger charge is -2.18. The van der Waals surface area contributed by atoms with Crippen molar-refractivity contribution in [2.75, 3.05) is 13.2 Å². The molecule has 0 bridgehead atoms. The number of ether oxygens (including phenoxy) is 3. The summed E-state index contributed by atoms with van der Waals surface area (Å²) >= 11 is 0. The Balaban J connectivity index is 4.07. The average molecular weight is 1120 g/mol. The molecule has 0 spiro atoms. The highest BCUT2D eigenvalue weighted by molar-refractivity contribution is 5.71. The van der Waals surface area contributed by atoms with Gasteiger partial charge in [-0.15, -0.1) is 0 Å². The Bertz CT molecular complexity index is 1520. The number of carbonyl (C=O) groups excluding carboxylic acids is 3. The highest BCUT2D eigenvalue weighted by Crippen LogP contribution is 2.17. The molecule has 0 aliphatic heterocycles. The molecular formula is C74H130O6. The van der Waals surface area contributed by atoms with Crippen LogP contribution < -0.4 is 0 Å². The van der Waals surface area contributed by atoms with Crippen LogP contribution in [0.1, 0.15) is 348 Å². The topological polar surface area (TPSA) is 78.9 Å². The van der Waals surface area contributed by atoms with Gasteiger partial charge in [-0.25, -0.2) is 0 Å². The molecule has 0 fully saturated rings. The second-order valence-electron chi connectivity index (χ2n) is 23.1. The molecule has 0 amide bonds. The smallest absolute Gasteiger partial charge is 0.306 e. The van der Waals surface area contributed by atoms with E-state index in [1.54, 1.807) is 0 Å². The second-order valence-corrected chi connectivity index (χ2v) is 23.1. The number of hydrogen-bond donors (Lipinski definition) is 0. The Kier molecular flexibility index (Phi) is 65.2. The van der Waals surface area contributed by atoms with Crippen LogP contribution in [-0.2, 0) is 28.6 Å². The van der Waals surface area contributed by atoms with Crippen molar-refractivity contribution in [3.05, 3.63) is 85.1 Å². The number of esters is 3. The fourth-order valence-electron chi connectivity index (χ4n) is 9.97. The molecule has 0 aliphatic carbocycles.